The molecule has 1 amide bonds. The Morgan fingerprint density at radius 1 is 1.44 bits per heavy atom. The smallest absolute Gasteiger partial charge is 0.410 e. The molecule has 6 heteroatoms. The first-order chi connectivity index (χ1) is 8.19. The first kappa shape index (κ1) is 14.8. The fourth-order valence-electron chi connectivity index (χ4n) is 1.78. The van der Waals surface area contributed by atoms with Crippen molar-refractivity contribution in [2.24, 2.45) is 11.7 Å². The summed E-state index contributed by atoms with van der Waals surface area (Å²) in [5.41, 5.74) is 5.38. The maximum atomic E-state index is 11.6. The van der Waals surface area contributed by atoms with Crippen LogP contribution in [0.3, 0.4) is 0 Å². The third-order valence-electron chi connectivity index (χ3n) is 2.86. The van der Waals surface area contributed by atoms with Gasteiger partial charge in [-0.1, -0.05) is 0 Å². The lowest BCUT2D eigenvalue weighted by Crippen LogP contribution is -2.57. The molecule has 0 radical (unpaired) electrons. The first-order valence-corrected chi connectivity index (χ1v) is 6.14. The van der Waals surface area contributed by atoms with E-state index in [2.05, 4.69) is 0 Å². The van der Waals surface area contributed by atoms with E-state index in [9.17, 15) is 9.59 Å². The predicted octanol–water partition coefficient (Wildman–Crippen LogP) is 1.05. The molecule has 0 spiro atoms. The topological polar surface area (TPSA) is 92.9 Å². The summed E-state index contributed by atoms with van der Waals surface area (Å²) in [6, 6.07) is -0.167. The molecule has 104 valence electrons. The summed E-state index contributed by atoms with van der Waals surface area (Å²) in [4.78, 5) is 23.7. The van der Waals surface area contributed by atoms with Gasteiger partial charge in [0.1, 0.15) is 5.60 Å². The second-order valence-corrected chi connectivity index (χ2v) is 5.74. The van der Waals surface area contributed by atoms with Gasteiger partial charge < -0.3 is 20.5 Å². The van der Waals surface area contributed by atoms with Gasteiger partial charge in [0.15, 0.2) is 0 Å². The summed E-state index contributed by atoms with van der Waals surface area (Å²) in [6.45, 7) is 6.56. The first-order valence-electron chi connectivity index (χ1n) is 6.14. The number of aliphatic carboxylic acids is 1. The summed E-state index contributed by atoms with van der Waals surface area (Å²) in [5.74, 6) is -0.661. The van der Waals surface area contributed by atoms with Gasteiger partial charge in [-0.05, 0) is 27.2 Å². The van der Waals surface area contributed by atoms with Crippen molar-refractivity contribution in [3.8, 4) is 0 Å². The molecule has 0 saturated carbocycles. The van der Waals surface area contributed by atoms with Gasteiger partial charge in [0.2, 0.25) is 0 Å². The third-order valence-corrected chi connectivity index (χ3v) is 2.86. The van der Waals surface area contributed by atoms with E-state index in [1.165, 1.54) is 0 Å². The average molecular weight is 258 g/mol. The van der Waals surface area contributed by atoms with E-state index in [4.69, 9.17) is 15.6 Å². The Kier molecular flexibility index (Phi) is 4.56. The van der Waals surface area contributed by atoms with Gasteiger partial charge in [-0.15, -0.1) is 0 Å². The van der Waals surface area contributed by atoms with Crippen molar-refractivity contribution in [1.29, 1.82) is 0 Å². The standard InChI is InChI=1S/C12H22N2O4/c1-12(2,3)18-11(17)14-6-8(7-14)9(13)4-5-10(15)16/h8-9H,4-7,13H2,1-3H3,(H,15,16). The van der Waals surface area contributed by atoms with Crippen LogP contribution < -0.4 is 5.73 Å². The van der Waals surface area contributed by atoms with Crippen molar-refractivity contribution < 1.29 is 19.4 Å². The Hall–Kier alpha value is -1.30. The molecule has 3 N–H and O–H groups in total. The highest BCUT2D eigenvalue weighted by Gasteiger charge is 2.36. The summed E-state index contributed by atoms with van der Waals surface area (Å²) >= 11 is 0. The number of amides is 1. The highest BCUT2D eigenvalue weighted by atomic mass is 16.6. The number of nitrogens with zero attached hydrogens (tertiary/aromatic N) is 1. The number of carbonyl (C=O) groups excluding carboxylic acids is 1. The SMILES string of the molecule is CC(C)(C)OC(=O)N1CC(C(N)CCC(=O)O)C1. The number of nitrogens with two attached hydrogens (primary N) is 1. The predicted molar refractivity (Wildman–Crippen MR) is 66.1 cm³/mol. The van der Waals surface area contributed by atoms with Crippen LogP contribution in [0.1, 0.15) is 33.6 Å². The minimum absolute atomic E-state index is 0.0735. The van der Waals surface area contributed by atoms with Crippen molar-refractivity contribution in [2.75, 3.05) is 13.1 Å². The second-order valence-electron chi connectivity index (χ2n) is 5.74. The zero-order valence-corrected chi connectivity index (χ0v) is 11.2. The van der Waals surface area contributed by atoms with Crippen molar-refractivity contribution in [1.82, 2.24) is 4.90 Å². The Balaban J connectivity index is 2.26. The molecule has 1 fully saturated rings. The van der Waals surface area contributed by atoms with Crippen LogP contribution in [-0.4, -0.2) is 46.8 Å². The van der Waals surface area contributed by atoms with Crippen LogP contribution in [0.2, 0.25) is 0 Å². The van der Waals surface area contributed by atoms with E-state index in [1.807, 2.05) is 20.8 Å². The van der Waals surface area contributed by atoms with Gasteiger partial charge >= 0.3 is 12.1 Å². The van der Waals surface area contributed by atoms with Crippen LogP contribution in [0.5, 0.6) is 0 Å². The molecule has 1 saturated heterocycles. The minimum atomic E-state index is -0.839. The van der Waals surface area contributed by atoms with Gasteiger partial charge in [-0.2, -0.15) is 0 Å². The Morgan fingerprint density at radius 2 is 2.00 bits per heavy atom. The number of rotatable bonds is 4. The van der Waals surface area contributed by atoms with Crippen LogP contribution in [0.4, 0.5) is 4.79 Å². The van der Waals surface area contributed by atoms with Gasteiger partial charge in [-0.25, -0.2) is 4.79 Å². The fourth-order valence-corrected chi connectivity index (χ4v) is 1.78. The lowest BCUT2D eigenvalue weighted by molar-refractivity contribution is -0.137. The summed E-state index contributed by atoms with van der Waals surface area (Å²) in [7, 11) is 0. The molecule has 1 unspecified atom stereocenters. The highest BCUT2D eigenvalue weighted by Crippen LogP contribution is 2.23. The molecule has 6 nitrogen and oxygen atoms in total. The molecule has 1 aliphatic heterocycles. The minimum Gasteiger partial charge on any atom is -0.481 e. The van der Waals surface area contributed by atoms with Gasteiger partial charge in [-0.3, -0.25) is 4.79 Å². The number of likely N-dealkylation sites (tertiary alicyclic amines) is 1. The van der Waals surface area contributed by atoms with E-state index in [-0.39, 0.29) is 24.5 Å². The second kappa shape index (κ2) is 5.56. The molecular weight excluding hydrogens is 236 g/mol. The van der Waals surface area contributed by atoms with Crippen molar-refractivity contribution >= 4 is 12.1 Å². The molecule has 1 rings (SSSR count). The van der Waals surface area contributed by atoms with E-state index >= 15 is 0 Å². The van der Waals surface area contributed by atoms with Crippen LogP contribution in [0, 0.1) is 5.92 Å². The molecule has 0 aromatic heterocycles. The molecule has 0 bridgehead atoms. The number of hydrogen-bond acceptors (Lipinski definition) is 4. The average Bonchev–Trinajstić information content (AvgIpc) is 2.08. The lowest BCUT2D eigenvalue weighted by atomic mass is 9.89. The number of carbonyl (C=O) groups is 2. The molecular formula is C12H22N2O4. The summed E-state index contributed by atoms with van der Waals surface area (Å²) < 4.78 is 5.22. The Labute approximate surface area is 107 Å². The van der Waals surface area contributed by atoms with Gasteiger partial charge in [0.25, 0.3) is 0 Å². The zero-order valence-electron chi connectivity index (χ0n) is 11.2. The van der Waals surface area contributed by atoms with Crippen LogP contribution >= 0.6 is 0 Å². The van der Waals surface area contributed by atoms with Crippen molar-refractivity contribution in [3.63, 3.8) is 0 Å². The largest absolute Gasteiger partial charge is 0.481 e. The van der Waals surface area contributed by atoms with Crippen LogP contribution in [-0.2, 0) is 9.53 Å². The summed E-state index contributed by atoms with van der Waals surface area (Å²) in [6.07, 6.45) is 0.191. The fraction of sp³-hybridized carbons (Fsp3) is 0.833. The summed E-state index contributed by atoms with van der Waals surface area (Å²) in [5, 5.41) is 8.56. The van der Waals surface area contributed by atoms with E-state index in [0.29, 0.717) is 19.5 Å². The third kappa shape index (κ3) is 4.52. The van der Waals surface area contributed by atoms with Crippen molar-refractivity contribution in [2.45, 2.75) is 45.3 Å². The van der Waals surface area contributed by atoms with E-state index in [1.54, 1.807) is 4.90 Å². The lowest BCUT2D eigenvalue weighted by Gasteiger charge is -2.42. The molecule has 0 aromatic carbocycles. The monoisotopic (exact) mass is 258 g/mol. The van der Waals surface area contributed by atoms with E-state index < -0.39 is 11.6 Å². The molecule has 1 heterocycles. The quantitative estimate of drug-likeness (QED) is 0.786. The molecule has 1 aliphatic rings. The normalized spacial score (nSPS) is 18.1. The van der Waals surface area contributed by atoms with E-state index in [0.717, 1.165) is 0 Å². The van der Waals surface area contributed by atoms with Crippen LogP contribution in [0.25, 0.3) is 0 Å². The maximum absolute atomic E-state index is 11.6. The molecule has 0 aliphatic carbocycles. The van der Waals surface area contributed by atoms with Crippen LogP contribution in [0.15, 0.2) is 0 Å². The number of ether oxygens (including phenoxy) is 1. The van der Waals surface area contributed by atoms with Gasteiger partial charge in [0, 0.05) is 31.5 Å². The molecule has 18 heavy (non-hydrogen) atoms. The molecule has 0 aromatic rings. The Bertz CT molecular complexity index is 319. The molecule has 1 atom stereocenters. The Morgan fingerprint density at radius 3 is 2.44 bits per heavy atom. The number of carboxylic acid groups (broad SMARTS) is 1. The number of hydrogen-bond donors (Lipinski definition) is 2. The maximum Gasteiger partial charge on any atom is 0.410 e. The van der Waals surface area contributed by atoms with Crippen molar-refractivity contribution in [3.05, 3.63) is 0 Å². The zero-order chi connectivity index (χ0) is 13.9. The number of carboxylic acids is 1. The van der Waals surface area contributed by atoms with Gasteiger partial charge in [0.05, 0.1) is 0 Å². The highest BCUT2D eigenvalue weighted by molar-refractivity contribution is 5.69.